The summed E-state index contributed by atoms with van der Waals surface area (Å²) < 4.78 is 4.75. The first-order valence-corrected chi connectivity index (χ1v) is 6.47. The van der Waals surface area contributed by atoms with E-state index in [0.717, 1.165) is 12.8 Å². The second-order valence-electron chi connectivity index (χ2n) is 5.29. The van der Waals surface area contributed by atoms with Crippen LogP contribution in [0.1, 0.15) is 46.5 Å². The van der Waals surface area contributed by atoms with E-state index in [9.17, 15) is 9.59 Å². The van der Waals surface area contributed by atoms with Gasteiger partial charge in [0, 0.05) is 6.42 Å². The molecule has 98 valence electrons. The van der Waals surface area contributed by atoms with Crippen LogP contribution in [0.25, 0.3) is 0 Å². The Morgan fingerprint density at radius 1 is 1.35 bits per heavy atom. The topological polar surface area (TPSA) is 46.6 Å². The molecular formula is C13H23NO3. The minimum Gasteiger partial charge on any atom is -0.447 e. The van der Waals surface area contributed by atoms with E-state index < -0.39 is 6.09 Å². The molecule has 17 heavy (non-hydrogen) atoms. The Hall–Kier alpha value is -1.06. The molecule has 2 amide bonds. The quantitative estimate of drug-likeness (QED) is 0.718. The molecule has 4 heteroatoms. The van der Waals surface area contributed by atoms with Gasteiger partial charge in [-0.15, -0.1) is 0 Å². The van der Waals surface area contributed by atoms with Crippen molar-refractivity contribution in [3.63, 3.8) is 0 Å². The largest absolute Gasteiger partial charge is 0.447 e. The lowest BCUT2D eigenvalue weighted by molar-refractivity contribution is -0.128. The molecule has 0 unspecified atom stereocenters. The van der Waals surface area contributed by atoms with Crippen LogP contribution in [0.2, 0.25) is 0 Å². The minimum atomic E-state index is -0.482. The van der Waals surface area contributed by atoms with E-state index in [1.54, 1.807) is 0 Å². The van der Waals surface area contributed by atoms with Crippen LogP contribution in [-0.4, -0.2) is 30.1 Å². The van der Waals surface area contributed by atoms with Gasteiger partial charge >= 0.3 is 6.09 Å². The highest BCUT2D eigenvalue weighted by atomic mass is 16.6. The third-order valence-electron chi connectivity index (χ3n) is 3.06. The molecule has 1 aliphatic rings. The number of hydrogen-bond acceptors (Lipinski definition) is 3. The van der Waals surface area contributed by atoms with Gasteiger partial charge in [-0.1, -0.05) is 40.0 Å². The van der Waals surface area contributed by atoms with Crippen LogP contribution in [0, 0.1) is 11.8 Å². The second-order valence-corrected chi connectivity index (χ2v) is 5.29. The first-order valence-electron chi connectivity index (χ1n) is 6.47. The van der Waals surface area contributed by atoms with E-state index in [0.29, 0.717) is 31.4 Å². The molecule has 0 spiro atoms. The third-order valence-corrected chi connectivity index (χ3v) is 3.06. The van der Waals surface area contributed by atoms with Crippen molar-refractivity contribution in [2.45, 2.75) is 46.5 Å². The zero-order chi connectivity index (χ0) is 12.8. The first-order chi connectivity index (χ1) is 8.00. The molecule has 1 fully saturated rings. The highest BCUT2D eigenvalue weighted by Crippen LogP contribution is 2.17. The normalized spacial score (nSPS) is 17.4. The highest BCUT2D eigenvalue weighted by molar-refractivity contribution is 5.92. The standard InChI is InChI=1S/C13H23NO3/c1-10(2)5-4-6-11(3)9-12(15)14-7-8-17-13(14)16/h10-11H,4-9H2,1-3H3/t11-/m0/s1. The van der Waals surface area contributed by atoms with E-state index in [2.05, 4.69) is 20.8 Å². The molecule has 1 saturated heterocycles. The zero-order valence-electron chi connectivity index (χ0n) is 11.1. The monoisotopic (exact) mass is 241 g/mol. The van der Waals surface area contributed by atoms with Crippen LogP contribution < -0.4 is 0 Å². The maximum absolute atomic E-state index is 11.8. The van der Waals surface area contributed by atoms with E-state index in [4.69, 9.17) is 4.74 Å². The molecule has 0 saturated carbocycles. The first kappa shape index (κ1) is 14.0. The summed E-state index contributed by atoms with van der Waals surface area (Å²) in [6, 6.07) is 0. The molecule has 1 heterocycles. The smallest absolute Gasteiger partial charge is 0.416 e. The predicted molar refractivity (Wildman–Crippen MR) is 65.5 cm³/mol. The zero-order valence-corrected chi connectivity index (χ0v) is 11.1. The minimum absolute atomic E-state index is 0.0930. The van der Waals surface area contributed by atoms with E-state index >= 15 is 0 Å². The second kappa shape index (κ2) is 6.62. The lowest BCUT2D eigenvalue weighted by atomic mass is 9.97. The average molecular weight is 241 g/mol. The molecule has 0 aromatic carbocycles. The molecule has 0 aliphatic carbocycles. The van der Waals surface area contributed by atoms with Crippen LogP contribution in [0.15, 0.2) is 0 Å². The summed E-state index contributed by atoms with van der Waals surface area (Å²) in [6.07, 6.45) is 3.37. The van der Waals surface area contributed by atoms with E-state index in [1.807, 2.05) is 0 Å². The molecular weight excluding hydrogens is 218 g/mol. The van der Waals surface area contributed by atoms with Gasteiger partial charge in [0.15, 0.2) is 0 Å². The molecule has 1 atom stereocenters. The summed E-state index contributed by atoms with van der Waals surface area (Å²) >= 11 is 0. The molecule has 0 aromatic rings. The van der Waals surface area contributed by atoms with Crippen molar-refractivity contribution < 1.29 is 14.3 Å². The number of carbonyl (C=O) groups is 2. The number of imide groups is 1. The number of nitrogens with zero attached hydrogens (tertiary/aromatic N) is 1. The average Bonchev–Trinajstić information content (AvgIpc) is 2.63. The number of amides is 2. The van der Waals surface area contributed by atoms with Crippen LogP contribution >= 0.6 is 0 Å². The molecule has 0 radical (unpaired) electrons. The fourth-order valence-corrected chi connectivity index (χ4v) is 2.00. The Morgan fingerprint density at radius 3 is 2.59 bits per heavy atom. The van der Waals surface area contributed by atoms with Gasteiger partial charge < -0.3 is 4.74 Å². The van der Waals surface area contributed by atoms with Gasteiger partial charge in [-0.3, -0.25) is 4.79 Å². The number of ether oxygens (including phenoxy) is 1. The van der Waals surface area contributed by atoms with Crippen LogP contribution in [-0.2, 0) is 9.53 Å². The molecule has 0 N–H and O–H groups in total. The van der Waals surface area contributed by atoms with Gasteiger partial charge in [-0.25, -0.2) is 9.69 Å². The van der Waals surface area contributed by atoms with Gasteiger partial charge in [0.05, 0.1) is 6.54 Å². The van der Waals surface area contributed by atoms with Crippen molar-refractivity contribution in [3.05, 3.63) is 0 Å². The number of hydrogen-bond donors (Lipinski definition) is 0. The van der Waals surface area contributed by atoms with E-state index in [-0.39, 0.29) is 5.91 Å². The van der Waals surface area contributed by atoms with Crippen LogP contribution in [0.4, 0.5) is 4.79 Å². The summed E-state index contributed by atoms with van der Waals surface area (Å²) in [4.78, 5) is 24.2. The fraction of sp³-hybridized carbons (Fsp3) is 0.846. The Kier molecular flexibility index (Phi) is 5.45. The molecule has 4 nitrogen and oxygen atoms in total. The summed E-state index contributed by atoms with van der Waals surface area (Å²) in [6.45, 7) is 7.23. The van der Waals surface area contributed by atoms with Gasteiger partial charge in [0.1, 0.15) is 6.61 Å². The van der Waals surface area contributed by atoms with Crippen molar-refractivity contribution in [2.75, 3.05) is 13.2 Å². The molecule has 0 aromatic heterocycles. The van der Waals surface area contributed by atoms with Gasteiger partial charge in [-0.2, -0.15) is 0 Å². The number of cyclic esters (lactones) is 1. The molecule has 0 bridgehead atoms. The highest BCUT2D eigenvalue weighted by Gasteiger charge is 2.28. The summed E-state index contributed by atoms with van der Waals surface area (Å²) in [5, 5.41) is 0. The molecule has 1 rings (SSSR count). The SMILES string of the molecule is CC(C)CCC[C@H](C)CC(=O)N1CCOC1=O. The number of carbonyl (C=O) groups excluding carboxylic acids is 2. The Balaban J connectivity index is 2.23. The van der Waals surface area contributed by atoms with E-state index in [1.165, 1.54) is 11.3 Å². The lowest BCUT2D eigenvalue weighted by Gasteiger charge is -2.15. The van der Waals surface area contributed by atoms with Gasteiger partial charge in [0.25, 0.3) is 0 Å². The van der Waals surface area contributed by atoms with Crippen molar-refractivity contribution >= 4 is 12.0 Å². The van der Waals surface area contributed by atoms with Crippen LogP contribution in [0.3, 0.4) is 0 Å². The van der Waals surface area contributed by atoms with Gasteiger partial charge in [0.2, 0.25) is 5.91 Å². The Morgan fingerprint density at radius 2 is 2.06 bits per heavy atom. The third kappa shape index (κ3) is 4.75. The maximum atomic E-state index is 11.8. The van der Waals surface area contributed by atoms with Crippen molar-refractivity contribution in [3.8, 4) is 0 Å². The predicted octanol–water partition coefficient (Wildman–Crippen LogP) is 2.82. The Bertz CT molecular complexity index is 276. The number of rotatable bonds is 6. The van der Waals surface area contributed by atoms with Crippen LogP contribution in [0.5, 0.6) is 0 Å². The Labute approximate surface area is 103 Å². The van der Waals surface area contributed by atoms with Gasteiger partial charge in [-0.05, 0) is 11.8 Å². The lowest BCUT2D eigenvalue weighted by Crippen LogP contribution is -2.32. The van der Waals surface area contributed by atoms with Crippen molar-refractivity contribution in [1.29, 1.82) is 0 Å². The maximum Gasteiger partial charge on any atom is 0.416 e. The van der Waals surface area contributed by atoms with Crippen molar-refractivity contribution in [1.82, 2.24) is 4.90 Å². The van der Waals surface area contributed by atoms with Crippen molar-refractivity contribution in [2.24, 2.45) is 11.8 Å². The summed E-state index contributed by atoms with van der Waals surface area (Å²) in [7, 11) is 0. The summed E-state index contributed by atoms with van der Waals surface area (Å²) in [5.74, 6) is 0.964. The fourth-order valence-electron chi connectivity index (χ4n) is 2.00. The summed E-state index contributed by atoms with van der Waals surface area (Å²) in [5.41, 5.74) is 0. The molecule has 1 aliphatic heterocycles.